The second-order valence-electron chi connectivity index (χ2n) is 5.54. The Labute approximate surface area is 114 Å². The zero-order valence-corrected chi connectivity index (χ0v) is 11.7. The summed E-state index contributed by atoms with van der Waals surface area (Å²) < 4.78 is 26.8. The molecule has 1 aromatic carbocycles. The van der Waals surface area contributed by atoms with Gasteiger partial charge in [0.2, 0.25) is 10.0 Å². The minimum atomic E-state index is -3.16. The molecule has 0 aliphatic heterocycles. The summed E-state index contributed by atoms with van der Waals surface area (Å²) in [6.45, 7) is 0.555. The van der Waals surface area contributed by atoms with Gasteiger partial charge in [0.15, 0.2) is 0 Å². The van der Waals surface area contributed by atoms with Crippen LogP contribution < -0.4 is 10.0 Å². The maximum atomic E-state index is 12.0. The molecule has 0 spiro atoms. The lowest BCUT2D eigenvalue weighted by Crippen LogP contribution is -2.39. The van der Waals surface area contributed by atoms with E-state index in [4.69, 9.17) is 0 Å². The summed E-state index contributed by atoms with van der Waals surface area (Å²) in [4.78, 5) is 0. The molecule has 2 N–H and O–H groups in total. The molecule has 0 radical (unpaired) electrons. The summed E-state index contributed by atoms with van der Waals surface area (Å²) >= 11 is 0. The normalized spacial score (nSPS) is 19.6. The maximum absolute atomic E-state index is 12.0. The van der Waals surface area contributed by atoms with E-state index in [1.54, 1.807) is 0 Å². The molecule has 1 saturated carbocycles. The van der Waals surface area contributed by atoms with E-state index in [0.717, 1.165) is 12.8 Å². The average molecular weight is 280 g/mol. The quantitative estimate of drug-likeness (QED) is 0.811. The van der Waals surface area contributed by atoms with Gasteiger partial charge in [-0.1, -0.05) is 24.3 Å². The van der Waals surface area contributed by atoms with Crippen LogP contribution in [-0.4, -0.2) is 32.8 Å². The first-order valence-corrected chi connectivity index (χ1v) is 8.58. The van der Waals surface area contributed by atoms with E-state index < -0.39 is 10.0 Å². The molecule has 5 heteroatoms. The highest BCUT2D eigenvalue weighted by atomic mass is 32.2. The van der Waals surface area contributed by atoms with Gasteiger partial charge in [-0.2, -0.15) is 0 Å². The molecule has 104 valence electrons. The van der Waals surface area contributed by atoms with Crippen LogP contribution in [0.3, 0.4) is 0 Å². The zero-order chi connectivity index (χ0) is 13.3. The Morgan fingerprint density at radius 3 is 2.26 bits per heavy atom. The number of hydrogen-bond acceptors (Lipinski definition) is 3. The Bertz CT molecular complexity index is 527. The van der Waals surface area contributed by atoms with Crippen LogP contribution in [0, 0.1) is 0 Å². The third kappa shape index (κ3) is 3.55. The van der Waals surface area contributed by atoms with E-state index in [-0.39, 0.29) is 11.8 Å². The summed E-state index contributed by atoms with van der Waals surface area (Å²) in [6, 6.07) is 8.77. The van der Waals surface area contributed by atoms with Gasteiger partial charge in [-0.3, -0.25) is 0 Å². The number of hydrogen-bond donors (Lipinski definition) is 2. The van der Waals surface area contributed by atoms with Crippen LogP contribution in [0.1, 0.15) is 24.0 Å². The summed E-state index contributed by atoms with van der Waals surface area (Å²) in [5, 5.41) is 3.24. The van der Waals surface area contributed by atoms with E-state index in [1.165, 1.54) is 24.0 Å². The van der Waals surface area contributed by atoms with Gasteiger partial charge in [-0.25, -0.2) is 13.1 Å². The molecule has 2 aliphatic carbocycles. The molecule has 0 aromatic heterocycles. The highest BCUT2D eigenvalue weighted by Gasteiger charge is 2.26. The molecule has 1 fully saturated rings. The monoisotopic (exact) mass is 280 g/mol. The highest BCUT2D eigenvalue weighted by molar-refractivity contribution is 7.89. The first kappa shape index (κ1) is 13.1. The van der Waals surface area contributed by atoms with Crippen molar-refractivity contribution >= 4 is 10.0 Å². The van der Waals surface area contributed by atoms with Crippen LogP contribution in [0.2, 0.25) is 0 Å². The molecule has 1 aromatic rings. The van der Waals surface area contributed by atoms with Crippen molar-refractivity contribution < 1.29 is 8.42 Å². The van der Waals surface area contributed by atoms with Crippen LogP contribution in [-0.2, 0) is 22.9 Å². The molecule has 4 nitrogen and oxygen atoms in total. The molecule has 0 amide bonds. The van der Waals surface area contributed by atoms with Crippen molar-refractivity contribution in [3.63, 3.8) is 0 Å². The van der Waals surface area contributed by atoms with Gasteiger partial charge in [0.1, 0.15) is 0 Å². The van der Waals surface area contributed by atoms with E-state index in [0.29, 0.717) is 12.6 Å². The Morgan fingerprint density at radius 2 is 1.68 bits per heavy atom. The van der Waals surface area contributed by atoms with Gasteiger partial charge in [0.05, 0.1) is 5.75 Å². The first-order chi connectivity index (χ1) is 9.12. The average Bonchev–Trinajstić information content (AvgIpc) is 3.07. The van der Waals surface area contributed by atoms with E-state index in [2.05, 4.69) is 22.2 Å². The summed E-state index contributed by atoms with van der Waals surface area (Å²) in [6.07, 6.45) is 3.99. The van der Waals surface area contributed by atoms with Gasteiger partial charge in [0, 0.05) is 18.6 Å². The Balaban J connectivity index is 1.51. The van der Waals surface area contributed by atoms with Gasteiger partial charge in [-0.05, 0) is 36.8 Å². The molecule has 0 atom stereocenters. The molecule has 0 saturated heterocycles. The fourth-order valence-corrected chi connectivity index (χ4v) is 3.82. The predicted octanol–water partition coefficient (Wildman–Crippen LogP) is 0.825. The topological polar surface area (TPSA) is 58.2 Å². The molecule has 0 bridgehead atoms. The second kappa shape index (κ2) is 5.23. The third-order valence-corrected chi connectivity index (χ3v) is 5.21. The lowest BCUT2D eigenvalue weighted by molar-refractivity contribution is 0.552. The second-order valence-corrected chi connectivity index (χ2v) is 7.41. The lowest BCUT2D eigenvalue weighted by Gasteiger charge is -2.12. The molecule has 2 aliphatic rings. The summed E-state index contributed by atoms with van der Waals surface area (Å²) in [7, 11) is -3.16. The van der Waals surface area contributed by atoms with Crippen LogP contribution in [0.5, 0.6) is 0 Å². The number of sulfonamides is 1. The fraction of sp³-hybridized carbons (Fsp3) is 0.571. The molecular formula is C14H20N2O2S. The minimum absolute atomic E-state index is 0.0309. The maximum Gasteiger partial charge on any atom is 0.213 e. The van der Waals surface area contributed by atoms with Crippen LogP contribution >= 0.6 is 0 Å². The van der Waals surface area contributed by atoms with Gasteiger partial charge >= 0.3 is 0 Å². The van der Waals surface area contributed by atoms with Crippen molar-refractivity contribution in [2.24, 2.45) is 0 Å². The van der Waals surface area contributed by atoms with Crippen molar-refractivity contribution in [2.75, 3.05) is 12.3 Å². The number of benzene rings is 1. The number of nitrogens with one attached hydrogen (secondary N) is 2. The standard InChI is InChI=1S/C14H20N2O2S/c17-19(18,8-7-15-13-5-6-13)16-14-9-11-3-1-2-4-12(11)10-14/h1-4,13-16H,5-10H2. The van der Waals surface area contributed by atoms with Crippen LogP contribution in [0.4, 0.5) is 0 Å². The van der Waals surface area contributed by atoms with Gasteiger partial charge in [-0.15, -0.1) is 0 Å². The largest absolute Gasteiger partial charge is 0.313 e. The number of fused-ring (bicyclic) bond motifs is 1. The highest BCUT2D eigenvalue weighted by Crippen LogP contribution is 2.22. The lowest BCUT2D eigenvalue weighted by atomic mass is 10.1. The summed E-state index contributed by atoms with van der Waals surface area (Å²) in [5.41, 5.74) is 2.54. The van der Waals surface area contributed by atoms with Crippen molar-refractivity contribution in [1.29, 1.82) is 0 Å². The van der Waals surface area contributed by atoms with Crippen molar-refractivity contribution in [2.45, 2.75) is 37.8 Å². The van der Waals surface area contributed by atoms with Gasteiger partial charge < -0.3 is 5.32 Å². The van der Waals surface area contributed by atoms with Crippen molar-refractivity contribution in [3.05, 3.63) is 35.4 Å². The van der Waals surface area contributed by atoms with E-state index in [1.807, 2.05) is 12.1 Å². The van der Waals surface area contributed by atoms with Gasteiger partial charge in [0.25, 0.3) is 0 Å². The zero-order valence-electron chi connectivity index (χ0n) is 10.9. The predicted molar refractivity (Wildman–Crippen MR) is 75.6 cm³/mol. The van der Waals surface area contributed by atoms with E-state index in [9.17, 15) is 8.42 Å². The molecule has 3 rings (SSSR count). The van der Waals surface area contributed by atoms with Crippen molar-refractivity contribution in [1.82, 2.24) is 10.0 Å². The Morgan fingerprint density at radius 1 is 1.05 bits per heavy atom. The van der Waals surface area contributed by atoms with Crippen molar-refractivity contribution in [3.8, 4) is 0 Å². The van der Waals surface area contributed by atoms with E-state index >= 15 is 0 Å². The minimum Gasteiger partial charge on any atom is -0.313 e. The SMILES string of the molecule is O=S(=O)(CCNC1CC1)NC1Cc2ccccc2C1. The first-order valence-electron chi connectivity index (χ1n) is 6.92. The molecular weight excluding hydrogens is 260 g/mol. The van der Waals surface area contributed by atoms with Crippen LogP contribution in [0.15, 0.2) is 24.3 Å². The smallest absolute Gasteiger partial charge is 0.213 e. The molecule has 0 unspecified atom stereocenters. The Kier molecular flexibility index (Phi) is 3.60. The fourth-order valence-electron chi connectivity index (χ4n) is 2.64. The van der Waals surface area contributed by atoms with Crippen LogP contribution in [0.25, 0.3) is 0 Å². The third-order valence-electron chi connectivity index (χ3n) is 3.78. The molecule has 19 heavy (non-hydrogen) atoms. The summed E-state index contributed by atoms with van der Waals surface area (Å²) in [5.74, 6) is 0.177. The number of rotatable bonds is 6. The molecule has 0 heterocycles. The Hall–Kier alpha value is -0.910.